The predicted molar refractivity (Wildman–Crippen MR) is 141 cm³/mol. The number of nitrogen functional groups attached to an aromatic ring is 1. The van der Waals surface area contributed by atoms with Crippen LogP contribution in [0, 0.1) is 0 Å². The van der Waals surface area contributed by atoms with Gasteiger partial charge in [0, 0.05) is 24.8 Å². The summed E-state index contributed by atoms with van der Waals surface area (Å²) in [6.07, 6.45) is 1.61. The van der Waals surface area contributed by atoms with Crippen molar-refractivity contribution in [2.45, 2.75) is 0 Å². The number of aromatic nitrogens is 3. The van der Waals surface area contributed by atoms with Gasteiger partial charge in [-0.15, -0.1) is 0 Å². The van der Waals surface area contributed by atoms with Crippen LogP contribution in [0.2, 0.25) is 0 Å². The fourth-order valence-corrected chi connectivity index (χ4v) is 3.63. The van der Waals surface area contributed by atoms with Crippen molar-refractivity contribution in [2.24, 2.45) is 0 Å². The van der Waals surface area contributed by atoms with Crippen molar-refractivity contribution >= 4 is 29.2 Å². The number of nitrogens with two attached hydrogens (primary N) is 1. The molecule has 0 atom stereocenters. The lowest BCUT2D eigenvalue weighted by Gasteiger charge is -2.13. The smallest absolute Gasteiger partial charge is 0.290 e. The van der Waals surface area contributed by atoms with Crippen molar-refractivity contribution in [3.63, 3.8) is 0 Å². The summed E-state index contributed by atoms with van der Waals surface area (Å²) < 4.78 is 6.67. The van der Waals surface area contributed by atoms with E-state index in [1.54, 1.807) is 36.5 Å². The Morgan fingerprint density at radius 1 is 1.16 bits per heavy atom. The van der Waals surface area contributed by atoms with E-state index in [2.05, 4.69) is 15.3 Å². The molecular weight excluding hydrogens is 476 g/mol. The SMILES string of the molecule is COc1ncc(-c2ccc3nc(N)n(-c4ccccc4)c(=O)c3c2)cc1C(=O)NCCN(C)C.O=CO. The molecule has 11 heteroatoms. The molecule has 2 heterocycles. The number of pyridine rings is 1. The third-order valence-electron chi connectivity index (χ3n) is 5.38. The fourth-order valence-electron chi connectivity index (χ4n) is 3.63. The molecule has 4 rings (SSSR count). The second-order valence-corrected chi connectivity index (χ2v) is 8.12. The van der Waals surface area contributed by atoms with Crippen molar-refractivity contribution in [1.82, 2.24) is 24.8 Å². The lowest BCUT2D eigenvalue weighted by molar-refractivity contribution is -0.122. The molecule has 0 bridgehead atoms. The van der Waals surface area contributed by atoms with E-state index in [-0.39, 0.29) is 29.8 Å². The lowest BCUT2D eigenvalue weighted by Crippen LogP contribution is -2.31. The summed E-state index contributed by atoms with van der Waals surface area (Å²) in [5, 5.41) is 10.2. The van der Waals surface area contributed by atoms with Crippen LogP contribution in [0.4, 0.5) is 5.95 Å². The Hall–Kier alpha value is -4.77. The van der Waals surface area contributed by atoms with E-state index in [1.165, 1.54) is 11.7 Å². The van der Waals surface area contributed by atoms with Crippen LogP contribution >= 0.6 is 0 Å². The molecule has 0 aliphatic heterocycles. The van der Waals surface area contributed by atoms with Gasteiger partial charge in [-0.25, -0.2) is 14.5 Å². The Kier molecular flexibility index (Phi) is 8.90. The number of carboxylic acid groups (broad SMARTS) is 1. The summed E-state index contributed by atoms with van der Waals surface area (Å²) in [6.45, 7) is 0.941. The molecule has 2 aromatic heterocycles. The summed E-state index contributed by atoms with van der Waals surface area (Å²) in [7, 11) is 5.34. The number of likely N-dealkylation sites (N-methyl/N-ethyl adjacent to an activating group) is 1. The summed E-state index contributed by atoms with van der Waals surface area (Å²) in [6, 6.07) is 16.1. The maximum absolute atomic E-state index is 13.3. The van der Waals surface area contributed by atoms with E-state index in [0.29, 0.717) is 46.4 Å². The monoisotopic (exact) mass is 504 g/mol. The van der Waals surface area contributed by atoms with Gasteiger partial charge in [-0.05, 0) is 50.0 Å². The van der Waals surface area contributed by atoms with Gasteiger partial charge in [-0.3, -0.25) is 14.4 Å². The molecule has 0 radical (unpaired) electrons. The molecule has 4 N–H and O–H groups in total. The van der Waals surface area contributed by atoms with Crippen LogP contribution in [-0.4, -0.2) is 71.2 Å². The highest BCUT2D eigenvalue weighted by Gasteiger charge is 2.17. The van der Waals surface area contributed by atoms with Gasteiger partial charge in [0.25, 0.3) is 17.9 Å². The van der Waals surface area contributed by atoms with Gasteiger partial charge in [0.2, 0.25) is 11.8 Å². The number of hydrogen-bond acceptors (Lipinski definition) is 8. The number of ether oxygens (including phenoxy) is 1. The molecule has 4 aromatic rings. The Bertz CT molecular complexity index is 1450. The second-order valence-electron chi connectivity index (χ2n) is 8.12. The minimum atomic E-state index is -0.283. The van der Waals surface area contributed by atoms with E-state index in [4.69, 9.17) is 20.4 Å². The maximum Gasteiger partial charge on any atom is 0.290 e. The number of hydrogen-bond donors (Lipinski definition) is 3. The zero-order valence-corrected chi connectivity index (χ0v) is 20.7. The van der Waals surface area contributed by atoms with Crippen LogP contribution < -0.4 is 21.3 Å². The van der Waals surface area contributed by atoms with E-state index in [9.17, 15) is 9.59 Å². The first-order valence-electron chi connectivity index (χ1n) is 11.2. The number of fused-ring (bicyclic) bond motifs is 1. The van der Waals surface area contributed by atoms with Gasteiger partial charge in [0.1, 0.15) is 5.56 Å². The second kappa shape index (κ2) is 12.3. The minimum Gasteiger partial charge on any atom is -0.483 e. The average molecular weight is 505 g/mol. The molecule has 2 aromatic carbocycles. The first kappa shape index (κ1) is 26.8. The van der Waals surface area contributed by atoms with Crippen molar-refractivity contribution in [1.29, 1.82) is 0 Å². The molecule has 0 aliphatic rings. The van der Waals surface area contributed by atoms with Crippen molar-refractivity contribution < 1.29 is 19.4 Å². The topological polar surface area (TPSA) is 153 Å². The van der Waals surface area contributed by atoms with Gasteiger partial charge >= 0.3 is 0 Å². The summed E-state index contributed by atoms with van der Waals surface area (Å²) >= 11 is 0. The van der Waals surface area contributed by atoms with Gasteiger partial charge in [0.05, 0.1) is 23.7 Å². The van der Waals surface area contributed by atoms with Crippen LogP contribution in [0.3, 0.4) is 0 Å². The Balaban J connectivity index is 0.00000121. The number of amides is 1. The van der Waals surface area contributed by atoms with E-state index in [1.807, 2.05) is 43.3 Å². The number of anilines is 1. The van der Waals surface area contributed by atoms with Gasteiger partial charge < -0.3 is 25.8 Å². The first-order chi connectivity index (χ1) is 17.8. The van der Waals surface area contributed by atoms with E-state index < -0.39 is 0 Å². The molecule has 192 valence electrons. The molecule has 0 saturated carbocycles. The predicted octanol–water partition coefficient (Wildman–Crippen LogP) is 2.03. The number of nitrogens with one attached hydrogen (secondary N) is 1. The van der Waals surface area contributed by atoms with Crippen molar-refractivity contribution in [3.05, 3.63) is 76.7 Å². The lowest BCUT2D eigenvalue weighted by atomic mass is 10.0. The van der Waals surface area contributed by atoms with E-state index in [0.717, 1.165) is 0 Å². The molecule has 0 saturated heterocycles. The Labute approximate surface area is 213 Å². The first-order valence-corrected chi connectivity index (χ1v) is 11.2. The third-order valence-corrected chi connectivity index (χ3v) is 5.38. The number of rotatable bonds is 7. The van der Waals surface area contributed by atoms with Gasteiger partial charge in [-0.2, -0.15) is 0 Å². The van der Waals surface area contributed by atoms with Crippen LogP contribution in [0.1, 0.15) is 10.4 Å². The zero-order valence-electron chi connectivity index (χ0n) is 20.7. The number of carbonyl (C=O) groups excluding carboxylic acids is 1. The molecule has 11 nitrogen and oxygen atoms in total. The Morgan fingerprint density at radius 2 is 1.86 bits per heavy atom. The highest BCUT2D eigenvalue weighted by Crippen LogP contribution is 2.27. The van der Waals surface area contributed by atoms with E-state index >= 15 is 0 Å². The Morgan fingerprint density at radius 3 is 2.51 bits per heavy atom. The summed E-state index contributed by atoms with van der Waals surface area (Å²) in [4.78, 5) is 45.1. The van der Waals surface area contributed by atoms with Gasteiger partial charge in [-0.1, -0.05) is 24.3 Å². The molecule has 0 aliphatic carbocycles. The van der Waals surface area contributed by atoms with Crippen LogP contribution in [-0.2, 0) is 4.79 Å². The maximum atomic E-state index is 13.3. The number of benzene rings is 2. The third kappa shape index (κ3) is 6.27. The minimum absolute atomic E-state index is 0.110. The molecular formula is C26H28N6O5. The zero-order chi connectivity index (χ0) is 26.9. The number of nitrogens with zero attached hydrogens (tertiary/aromatic N) is 4. The van der Waals surface area contributed by atoms with Crippen LogP contribution in [0.5, 0.6) is 5.88 Å². The quantitative estimate of drug-likeness (QED) is 0.321. The highest BCUT2D eigenvalue weighted by molar-refractivity contribution is 5.98. The molecule has 0 unspecified atom stereocenters. The molecule has 0 fully saturated rings. The fraction of sp³-hybridized carbons (Fsp3) is 0.192. The largest absolute Gasteiger partial charge is 0.483 e. The number of para-hydroxylation sites is 1. The standard InChI is InChI=1S/C25H26N6O3.CH2O2/c1-30(2)12-11-27-22(32)20-14-17(15-28-23(20)34-3)16-9-10-21-19(13-16)24(33)31(25(26)29-21)18-7-5-4-6-8-18;2-1-3/h4-10,13-15H,11-12H2,1-3H3,(H2,26,29)(H,27,32);1H,(H,2,3). The normalized spacial score (nSPS) is 10.5. The summed E-state index contributed by atoms with van der Waals surface area (Å²) in [5.41, 5.74) is 8.63. The van der Waals surface area contributed by atoms with Crippen molar-refractivity contribution in [3.8, 4) is 22.7 Å². The molecule has 1 amide bonds. The molecule has 0 spiro atoms. The van der Waals surface area contributed by atoms with Crippen molar-refractivity contribution in [2.75, 3.05) is 40.0 Å². The number of carbonyl (C=O) groups is 2. The molecule has 37 heavy (non-hydrogen) atoms. The highest BCUT2D eigenvalue weighted by atomic mass is 16.5. The summed E-state index contributed by atoms with van der Waals surface area (Å²) in [5.74, 6) is 0.0572. The average Bonchev–Trinajstić information content (AvgIpc) is 2.89. The van der Waals surface area contributed by atoms with Gasteiger partial charge in [0.15, 0.2) is 0 Å². The van der Waals surface area contributed by atoms with Crippen LogP contribution in [0.25, 0.3) is 27.7 Å². The van der Waals surface area contributed by atoms with Crippen LogP contribution in [0.15, 0.2) is 65.6 Å². The number of methoxy groups -OCH3 is 1.